The van der Waals surface area contributed by atoms with Crippen molar-refractivity contribution in [2.75, 3.05) is 0 Å². The van der Waals surface area contributed by atoms with Crippen molar-refractivity contribution in [3.8, 4) is 22.8 Å². The maximum absolute atomic E-state index is 11.6. The maximum atomic E-state index is 11.6. The average molecular weight is 442 g/mol. The molecule has 0 aliphatic carbocycles. The van der Waals surface area contributed by atoms with Gasteiger partial charge in [0.25, 0.3) is 0 Å². The molecule has 0 aliphatic heterocycles. The van der Waals surface area contributed by atoms with Gasteiger partial charge in [-0.05, 0) is 55.0 Å². The second kappa shape index (κ2) is 6.83. The first-order valence-corrected chi connectivity index (χ1v) is 9.28. The molecule has 2 aromatic heterocycles. The number of nitrogens with zero attached hydrogens (tertiary/aromatic N) is 1. The molecule has 0 bridgehead atoms. The summed E-state index contributed by atoms with van der Waals surface area (Å²) in [6.07, 6.45) is 0. The molecule has 6 heteroatoms. The second-order valence-corrected chi connectivity index (χ2v) is 7.45. The molecule has 0 atom stereocenters. The number of carboxylic acids is 1. The summed E-state index contributed by atoms with van der Waals surface area (Å²) in [4.78, 5) is 16.1. The third kappa shape index (κ3) is 3.36. The van der Waals surface area contributed by atoms with Crippen LogP contribution in [0.2, 0.25) is 5.02 Å². The van der Waals surface area contributed by atoms with Crippen LogP contribution in [0.4, 0.5) is 0 Å². The molecule has 4 nitrogen and oxygen atoms in total. The van der Waals surface area contributed by atoms with Gasteiger partial charge in [0.05, 0.1) is 11.5 Å². The summed E-state index contributed by atoms with van der Waals surface area (Å²) < 4.78 is 6.68. The summed E-state index contributed by atoms with van der Waals surface area (Å²) in [5.41, 5.74) is 2.85. The summed E-state index contributed by atoms with van der Waals surface area (Å²) in [7, 11) is 0. The van der Waals surface area contributed by atoms with E-state index < -0.39 is 5.97 Å². The van der Waals surface area contributed by atoms with E-state index in [4.69, 9.17) is 16.0 Å². The lowest BCUT2D eigenvalue weighted by Gasteiger charge is -2.10. The van der Waals surface area contributed by atoms with Crippen molar-refractivity contribution >= 4 is 44.4 Å². The number of benzene rings is 2. The molecule has 0 amide bonds. The number of aromatic nitrogens is 1. The molecule has 0 N–H and O–H groups in total. The lowest BCUT2D eigenvalue weighted by molar-refractivity contribution is -0.254. The Labute approximate surface area is 168 Å². The number of furan rings is 1. The number of aryl methyl sites for hydroxylation is 1. The highest BCUT2D eigenvalue weighted by atomic mass is 79.9. The zero-order valence-corrected chi connectivity index (χ0v) is 16.5. The van der Waals surface area contributed by atoms with Crippen LogP contribution < -0.4 is 5.11 Å². The first-order valence-electron chi connectivity index (χ1n) is 8.11. The van der Waals surface area contributed by atoms with Crippen LogP contribution >= 0.6 is 27.5 Å². The van der Waals surface area contributed by atoms with Gasteiger partial charge in [0.1, 0.15) is 11.5 Å². The Morgan fingerprint density at radius 1 is 1.07 bits per heavy atom. The first-order chi connectivity index (χ1) is 12.9. The topological polar surface area (TPSA) is 66.2 Å². The Balaban J connectivity index is 1.83. The van der Waals surface area contributed by atoms with Gasteiger partial charge in [0.2, 0.25) is 0 Å². The third-order valence-corrected chi connectivity index (χ3v) is 5.21. The number of hydrogen-bond donors (Lipinski definition) is 0. The molecule has 2 heterocycles. The molecule has 4 aromatic rings. The second-order valence-electron chi connectivity index (χ2n) is 6.13. The predicted octanol–water partition coefficient (Wildman–Crippen LogP) is 5.25. The van der Waals surface area contributed by atoms with Gasteiger partial charge < -0.3 is 14.3 Å². The van der Waals surface area contributed by atoms with Crippen LogP contribution in [0.1, 0.15) is 15.9 Å². The average Bonchev–Trinajstić information content (AvgIpc) is 3.13. The van der Waals surface area contributed by atoms with E-state index in [0.717, 1.165) is 15.6 Å². The number of carbonyl (C=O) groups is 1. The van der Waals surface area contributed by atoms with E-state index in [1.807, 2.05) is 31.2 Å². The number of halogens is 2. The van der Waals surface area contributed by atoms with Crippen molar-refractivity contribution in [1.82, 2.24) is 4.98 Å². The SMILES string of the molecule is Cc1ccc(-c2ccc(-c3cc(C(=O)[O-])c4cc(Br)ccc4n3)o2)cc1Cl. The number of fused-ring (bicyclic) bond motifs is 1. The fourth-order valence-electron chi connectivity index (χ4n) is 2.87. The van der Waals surface area contributed by atoms with Crippen molar-refractivity contribution in [2.24, 2.45) is 0 Å². The highest BCUT2D eigenvalue weighted by molar-refractivity contribution is 9.10. The van der Waals surface area contributed by atoms with Crippen LogP contribution in [0.3, 0.4) is 0 Å². The maximum Gasteiger partial charge on any atom is 0.153 e. The van der Waals surface area contributed by atoms with Crippen molar-refractivity contribution in [1.29, 1.82) is 0 Å². The normalized spacial score (nSPS) is 11.1. The van der Waals surface area contributed by atoms with E-state index in [1.165, 1.54) is 6.07 Å². The first kappa shape index (κ1) is 17.8. The Morgan fingerprint density at radius 3 is 2.59 bits per heavy atom. The zero-order chi connectivity index (χ0) is 19.1. The van der Waals surface area contributed by atoms with Crippen LogP contribution in [-0.4, -0.2) is 11.0 Å². The number of pyridine rings is 1. The van der Waals surface area contributed by atoms with Gasteiger partial charge in [0, 0.05) is 26.0 Å². The lowest BCUT2D eigenvalue weighted by Crippen LogP contribution is -2.22. The Bertz CT molecular complexity index is 1200. The standard InChI is InChI=1S/C21H13BrClNO3/c1-11-2-3-12(8-16(11)23)19-6-7-20(27-19)18-10-15(21(25)26)14-9-13(22)4-5-17(14)24-18/h2-10H,1H3,(H,25,26)/p-1. The van der Waals surface area contributed by atoms with E-state index in [9.17, 15) is 9.90 Å². The van der Waals surface area contributed by atoms with Gasteiger partial charge >= 0.3 is 0 Å². The van der Waals surface area contributed by atoms with Crippen molar-refractivity contribution < 1.29 is 14.3 Å². The molecule has 0 fully saturated rings. The van der Waals surface area contributed by atoms with E-state index in [0.29, 0.717) is 33.1 Å². The minimum atomic E-state index is -1.26. The molecule has 0 spiro atoms. The van der Waals surface area contributed by atoms with Gasteiger partial charge in [0.15, 0.2) is 5.76 Å². The van der Waals surface area contributed by atoms with E-state index >= 15 is 0 Å². The molecule has 134 valence electrons. The molecule has 0 saturated heterocycles. The zero-order valence-electron chi connectivity index (χ0n) is 14.1. The highest BCUT2D eigenvalue weighted by Gasteiger charge is 2.13. The van der Waals surface area contributed by atoms with Gasteiger partial charge in [-0.15, -0.1) is 0 Å². The highest BCUT2D eigenvalue weighted by Crippen LogP contribution is 2.32. The van der Waals surface area contributed by atoms with Crippen molar-refractivity contribution in [2.45, 2.75) is 6.92 Å². The number of carboxylic acid groups (broad SMARTS) is 1. The molecular formula is C21H12BrClNO3-. The van der Waals surface area contributed by atoms with Gasteiger partial charge in [-0.3, -0.25) is 0 Å². The fraction of sp³-hybridized carbons (Fsp3) is 0.0476. The summed E-state index contributed by atoms with van der Waals surface area (Å²) in [6.45, 7) is 1.93. The van der Waals surface area contributed by atoms with Gasteiger partial charge in [-0.25, -0.2) is 4.98 Å². The smallest absolute Gasteiger partial charge is 0.153 e. The number of hydrogen-bond acceptors (Lipinski definition) is 4. The third-order valence-electron chi connectivity index (χ3n) is 4.31. The van der Waals surface area contributed by atoms with E-state index in [2.05, 4.69) is 20.9 Å². The summed E-state index contributed by atoms with van der Waals surface area (Å²) in [6, 6.07) is 16.0. The van der Waals surface area contributed by atoms with E-state index in [-0.39, 0.29) is 5.56 Å². The van der Waals surface area contributed by atoms with Gasteiger partial charge in [-0.1, -0.05) is 39.7 Å². The van der Waals surface area contributed by atoms with Crippen LogP contribution in [-0.2, 0) is 0 Å². The molecule has 27 heavy (non-hydrogen) atoms. The number of rotatable bonds is 3. The summed E-state index contributed by atoms with van der Waals surface area (Å²) in [5.74, 6) is -0.174. The molecule has 0 unspecified atom stereocenters. The van der Waals surface area contributed by atoms with E-state index in [1.54, 1.807) is 24.3 Å². The molecule has 0 saturated carbocycles. The lowest BCUT2D eigenvalue weighted by atomic mass is 10.1. The Kier molecular flexibility index (Phi) is 4.50. The van der Waals surface area contributed by atoms with Crippen LogP contribution in [0.25, 0.3) is 33.7 Å². The van der Waals surface area contributed by atoms with Crippen molar-refractivity contribution in [3.05, 3.63) is 75.2 Å². The fourth-order valence-corrected chi connectivity index (χ4v) is 3.41. The Morgan fingerprint density at radius 2 is 1.85 bits per heavy atom. The monoisotopic (exact) mass is 440 g/mol. The molecule has 4 rings (SSSR count). The minimum absolute atomic E-state index is 0.0626. The molecule has 0 aliphatic rings. The number of carbonyl (C=O) groups excluding carboxylic acids is 1. The molecule has 0 radical (unpaired) electrons. The molecular weight excluding hydrogens is 430 g/mol. The largest absolute Gasteiger partial charge is 0.545 e. The summed E-state index contributed by atoms with van der Waals surface area (Å²) in [5, 5.41) is 12.8. The number of aromatic carboxylic acids is 1. The van der Waals surface area contributed by atoms with Crippen molar-refractivity contribution in [3.63, 3.8) is 0 Å². The molecule has 2 aromatic carbocycles. The van der Waals surface area contributed by atoms with Gasteiger partial charge in [-0.2, -0.15) is 0 Å². The minimum Gasteiger partial charge on any atom is -0.545 e. The quantitative estimate of drug-likeness (QED) is 0.435. The Hall–Kier alpha value is -2.63. The van der Waals surface area contributed by atoms with Crippen LogP contribution in [0.5, 0.6) is 0 Å². The summed E-state index contributed by atoms with van der Waals surface area (Å²) >= 11 is 9.54. The predicted molar refractivity (Wildman–Crippen MR) is 107 cm³/mol. The van der Waals surface area contributed by atoms with Crippen LogP contribution in [0, 0.1) is 6.92 Å². The van der Waals surface area contributed by atoms with Crippen LogP contribution in [0.15, 0.2) is 63.5 Å².